The van der Waals surface area contributed by atoms with Crippen LogP contribution in [0.1, 0.15) is 24.3 Å². The Morgan fingerprint density at radius 1 is 1.24 bits per heavy atom. The van der Waals surface area contributed by atoms with E-state index >= 15 is 0 Å². The number of aromatic carboxylic acids is 1. The molecule has 2 heterocycles. The van der Waals surface area contributed by atoms with Gasteiger partial charge in [0.2, 0.25) is 0 Å². The lowest BCUT2D eigenvalue weighted by molar-refractivity contribution is 0.0692. The Kier molecular flexibility index (Phi) is 4.67. The van der Waals surface area contributed by atoms with Crippen molar-refractivity contribution in [2.45, 2.75) is 20.0 Å². The second kappa shape index (κ2) is 6.90. The SMILES string of the molecule is CC(C)Oc1ccccc1N=Nc1c(C(=O)O)nc2ccc(Cl)cn12. The number of ether oxygens (including phenoxy) is 1. The first-order chi connectivity index (χ1) is 12.0. The minimum absolute atomic E-state index is 0.0273. The zero-order chi connectivity index (χ0) is 18.0. The molecule has 7 nitrogen and oxygen atoms in total. The number of carbonyl (C=O) groups is 1. The molecule has 128 valence electrons. The summed E-state index contributed by atoms with van der Waals surface area (Å²) in [6, 6.07) is 10.4. The van der Waals surface area contributed by atoms with Gasteiger partial charge in [-0.05, 0) is 38.1 Å². The average Bonchev–Trinajstić information content (AvgIpc) is 2.91. The molecule has 0 saturated carbocycles. The zero-order valence-electron chi connectivity index (χ0n) is 13.5. The molecule has 0 fully saturated rings. The Balaban J connectivity index is 2.09. The third-order valence-electron chi connectivity index (χ3n) is 3.24. The summed E-state index contributed by atoms with van der Waals surface area (Å²) in [4.78, 5) is 15.5. The van der Waals surface area contributed by atoms with Crippen LogP contribution < -0.4 is 4.74 Å². The largest absolute Gasteiger partial charge is 0.489 e. The number of aromatic nitrogens is 2. The summed E-state index contributed by atoms with van der Waals surface area (Å²) in [6.45, 7) is 3.81. The fourth-order valence-electron chi connectivity index (χ4n) is 2.24. The molecule has 25 heavy (non-hydrogen) atoms. The Morgan fingerprint density at radius 2 is 2.00 bits per heavy atom. The van der Waals surface area contributed by atoms with Crippen molar-refractivity contribution >= 4 is 34.7 Å². The van der Waals surface area contributed by atoms with Gasteiger partial charge in [-0.3, -0.25) is 4.40 Å². The van der Waals surface area contributed by atoms with Crippen molar-refractivity contribution in [3.8, 4) is 5.75 Å². The van der Waals surface area contributed by atoms with Gasteiger partial charge in [-0.25, -0.2) is 9.78 Å². The number of carboxylic acids is 1. The number of rotatable bonds is 5. The van der Waals surface area contributed by atoms with Gasteiger partial charge in [-0.2, -0.15) is 0 Å². The van der Waals surface area contributed by atoms with Crippen LogP contribution in [-0.4, -0.2) is 26.6 Å². The van der Waals surface area contributed by atoms with Gasteiger partial charge in [0.1, 0.15) is 17.1 Å². The highest BCUT2D eigenvalue weighted by Gasteiger charge is 2.18. The van der Waals surface area contributed by atoms with Gasteiger partial charge in [0.15, 0.2) is 11.5 Å². The molecule has 0 amide bonds. The first-order valence-electron chi connectivity index (χ1n) is 7.54. The summed E-state index contributed by atoms with van der Waals surface area (Å²) >= 11 is 5.99. The molecule has 1 aromatic carbocycles. The van der Waals surface area contributed by atoms with Gasteiger partial charge in [0.25, 0.3) is 0 Å². The van der Waals surface area contributed by atoms with Crippen LogP contribution in [0.5, 0.6) is 5.75 Å². The smallest absolute Gasteiger partial charge is 0.358 e. The number of fused-ring (bicyclic) bond motifs is 1. The molecule has 1 N–H and O–H groups in total. The lowest BCUT2D eigenvalue weighted by Gasteiger charge is -2.10. The second-order valence-corrected chi connectivity index (χ2v) is 5.94. The summed E-state index contributed by atoms with van der Waals surface area (Å²) in [5.41, 5.74) is 0.709. The maximum Gasteiger partial charge on any atom is 0.358 e. The van der Waals surface area contributed by atoms with Crippen molar-refractivity contribution in [2.24, 2.45) is 10.2 Å². The summed E-state index contributed by atoms with van der Waals surface area (Å²) in [5.74, 6) is -0.546. The summed E-state index contributed by atoms with van der Waals surface area (Å²) in [6.07, 6.45) is 1.52. The second-order valence-electron chi connectivity index (χ2n) is 5.50. The van der Waals surface area contributed by atoms with Crippen molar-refractivity contribution in [2.75, 3.05) is 0 Å². The van der Waals surface area contributed by atoms with Crippen LogP contribution in [0.2, 0.25) is 5.02 Å². The quantitative estimate of drug-likeness (QED) is 0.657. The fraction of sp³-hybridized carbons (Fsp3) is 0.176. The number of benzene rings is 1. The molecule has 3 rings (SSSR count). The van der Waals surface area contributed by atoms with E-state index in [1.165, 1.54) is 4.40 Å². The summed E-state index contributed by atoms with van der Waals surface area (Å²) in [5, 5.41) is 18.1. The van der Waals surface area contributed by atoms with E-state index in [1.54, 1.807) is 36.5 Å². The first-order valence-corrected chi connectivity index (χ1v) is 7.92. The highest BCUT2D eigenvalue weighted by Crippen LogP contribution is 2.31. The molecule has 0 spiro atoms. The zero-order valence-corrected chi connectivity index (χ0v) is 14.3. The van der Waals surface area contributed by atoms with Gasteiger partial charge in [-0.1, -0.05) is 23.7 Å². The third kappa shape index (κ3) is 3.61. The maximum atomic E-state index is 11.5. The van der Waals surface area contributed by atoms with E-state index < -0.39 is 5.97 Å². The number of nitrogens with zero attached hydrogens (tertiary/aromatic N) is 4. The van der Waals surface area contributed by atoms with Crippen LogP contribution in [0.15, 0.2) is 52.8 Å². The van der Waals surface area contributed by atoms with E-state index in [0.29, 0.717) is 22.1 Å². The van der Waals surface area contributed by atoms with Crippen molar-refractivity contribution in [1.29, 1.82) is 0 Å². The Bertz CT molecular complexity index is 966. The molecule has 0 unspecified atom stereocenters. The molecule has 0 bridgehead atoms. The number of para-hydroxylation sites is 1. The van der Waals surface area contributed by atoms with Crippen LogP contribution in [0.4, 0.5) is 11.5 Å². The third-order valence-corrected chi connectivity index (χ3v) is 3.46. The number of halogens is 1. The predicted octanol–water partition coefficient (Wildman–Crippen LogP) is 4.89. The highest BCUT2D eigenvalue weighted by molar-refractivity contribution is 6.30. The van der Waals surface area contributed by atoms with Crippen LogP contribution >= 0.6 is 11.6 Å². The molecule has 2 aromatic heterocycles. The lowest BCUT2D eigenvalue weighted by atomic mass is 10.3. The number of hydrogen-bond acceptors (Lipinski definition) is 5. The lowest BCUT2D eigenvalue weighted by Crippen LogP contribution is -2.05. The standard InChI is InChI=1S/C17H15ClN4O3/c1-10(2)25-13-6-4-3-5-12(13)20-21-16-15(17(23)24)19-14-8-7-11(18)9-22(14)16/h3-10H,1-2H3,(H,23,24). The summed E-state index contributed by atoms with van der Waals surface area (Å²) < 4.78 is 7.17. The predicted molar refractivity (Wildman–Crippen MR) is 93.5 cm³/mol. The highest BCUT2D eigenvalue weighted by atomic mass is 35.5. The molecule has 0 aliphatic carbocycles. The minimum atomic E-state index is -1.19. The number of azo groups is 1. The van der Waals surface area contributed by atoms with E-state index in [9.17, 15) is 9.90 Å². The van der Waals surface area contributed by atoms with Crippen molar-refractivity contribution in [3.63, 3.8) is 0 Å². The normalized spacial score (nSPS) is 11.5. The van der Waals surface area contributed by atoms with Gasteiger partial charge in [-0.15, -0.1) is 10.2 Å². The molecule has 8 heteroatoms. The van der Waals surface area contributed by atoms with Gasteiger partial charge in [0.05, 0.1) is 11.1 Å². The minimum Gasteiger partial charge on any atom is -0.489 e. The van der Waals surface area contributed by atoms with Crippen LogP contribution in [0.3, 0.4) is 0 Å². The fourth-order valence-corrected chi connectivity index (χ4v) is 2.40. The van der Waals surface area contributed by atoms with Gasteiger partial charge >= 0.3 is 5.97 Å². The monoisotopic (exact) mass is 358 g/mol. The molecule has 0 aliphatic heterocycles. The first kappa shape index (κ1) is 16.9. The Morgan fingerprint density at radius 3 is 2.72 bits per heavy atom. The van der Waals surface area contributed by atoms with E-state index in [2.05, 4.69) is 15.2 Å². The van der Waals surface area contributed by atoms with Crippen molar-refractivity contribution in [1.82, 2.24) is 9.38 Å². The Labute approximate surface area is 148 Å². The maximum absolute atomic E-state index is 11.5. The number of hydrogen-bond donors (Lipinski definition) is 1. The molecule has 0 saturated heterocycles. The molecule has 0 atom stereocenters. The summed E-state index contributed by atoms with van der Waals surface area (Å²) in [7, 11) is 0. The average molecular weight is 359 g/mol. The molecule has 0 radical (unpaired) electrons. The molecular weight excluding hydrogens is 344 g/mol. The van der Waals surface area contributed by atoms with Crippen molar-refractivity contribution < 1.29 is 14.6 Å². The van der Waals surface area contributed by atoms with Crippen LogP contribution in [0.25, 0.3) is 5.65 Å². The van der Waals surface area contributed by atoms with E-state index in [1.807, 2.05) is 19.9 Å². The van der Waals surface area contributed by atoms with E-state index in [-0.39, 0.29) is 17.6 Å². The molecular formula is C17H15ClN4O3. The van der Waals surface area contributed by atoms with Crippen LogP contribution in [-0.2, 0) is 0 Å². The van der Waals surface area contributed by atoms with Gasteiger partial charge in [0, 0.05) is 6.20 Å². The van der Waals surface area contributed by atoms with E-state index in [0.717, 1.165) is 0 Å². The molecule has 0 aliphatic rings. The van der Waals surface area contributed by atoms with Gasteiger partial charge < -0.3 is 9.84 Å². The topological polar surface area (TPSA) is 88.5 Å². The number of imidazole rings is 1. The number of pyridine rings is 1. The Hall–Kier alpha value is -2.93. The number of carboxylic acid groups (broad SMARTS) is 1. The van der Waals surface area contributed by atoms with E-state index in [4.69, 9.17) is 16.3 Å². The van der Waals surface area contributed by atoms with Crippen LogP contribution in [0, 0.1) is 0 Å². The van der Waals surface area contributed by atoms with Crippen molar-refractivity contribution in [3.05, 3.63) is 53.3 Å². The molecule has 3 aromatic rings.